The molecule has 0 unspecified atom stereocenters. The van der Waals surface area contributed by atoms with Crippen LogP contribution >= 0.6 is 11.3 Å². The topological polar surface area (TPSA) is 45.2 Å². The molecule has 3 fully saturated rings. The van der Waals surface area contributed by atoms with Gasteiger partial charge in [-0.05, 0) is 63.7 Å². The SMILES string of the molecule is Cc1nc2c(s1)[C@]1(CCC2)CNC[C@H]1C(=O)N1CC[C@@H](C)C[C@H]1C1CCCCC1. The third kappa shape index (κ3) is 3.46. The lowest BCUT2D eigenvalue weighted by atomic mass is 9.68. The molecule has 3 heterocycles. The highest BCUT2D eigenvalue weighted by Gasteiger charge is 2.53. The molecular formula is C24H37N3OS. The second-order valence-electron chi connectivity index (χ2n) is 10.3. The van der Waals surface area contributed by atoms with E-state index in [9.17, 15) is 4.79 Å². The molecule has 29 heavy (non-hydrogen) atoms. The van der Waals surface area contributed by atoms with E-state index in [0.717, 1.165) is 44.3 Å². The molecule has 1 aromatic heterocycles. The fourth-order valence-electron chi connectivity index (χ4n) is 6.92. The van der Waals surface area contributed by atoms with E-state index in [0.29, 0.717) is 11.9 Å². The first-order valence-corrected chi connectivity index (χ1v) is 12.9. The molecule has 4 atom stereocenters. The summed E-state index contributed by atoms with van der Waals surface area (Å²) in [5.41, 5.74) is 1.29. The quantitative estimate of drug-likeness (QED) is 0.776. The third-order valence-corrected chi connectivity index (χ3v) is 9.66. The van der Waals surface area contributed by atoms with E-state index >= 15 is 0 Å². The molecule has 1 saturated carbocycles. The molecule has 1 amide bonds. The van der Waals surface area contributed by atoms with Gasteiger partial charge in [0.25, 0.3) is 0 Å². The Bertz CT molecular complexity index is 755. The van der Waals surface area contributed by atoms with E-state index < -0.39 is 0 Å². The second kappa shape index (κ2) is 7.96. The molecule has 2 saturated heterocycles. The average Bonchev–Trinajstić information content (AvgIpc) is 3.32. The standard InChI is InChI=1S/C24H37N3OS/c1-16-10-12-27(21(13-16)18-7-4-3-5-8-18)23(28)19-14-25-15-24(19)11-6-9-20-22(24)29-17(2)26-20/h16,18-19,21,25H,3-15H2,1-2H3/t16-,19+,21+,24-/m1/s1. The van der Waals surface area contributed by atoms with Gasteiger partial charge in [-0.3, -0.25) is 4.79 Å². The van der Waals surface area contributed by atoms with Crippen LogP contribution in [-0.2, 0) is 16.6 Å². The Morgan fingerprint density at radius 2 is 2.03 bits per heavy atom. The van der Waals surface area contributed by atoms with Crippen molar-refractivity contribution in [2.45, 2.75) is 89.5 Å². The second-order valence-corrected chi connectivity index (χ2v) is 11.5. The van der Waals surface area contributed by atoms with Crippen molar-refractivity contribution in [2.75, 3.05) is 19.6 Å². The minimum Gasteiger partial charge on any atom is -0.339 e. The van der Waals surface area contributed by atoms with Crippen LogP contribution in [0.2, 0.25) is 0 Å². The number of likely N-dealkylation sites (tertiary alicyclic amines) is 1. The van der Waals surface area contributed by atoms with E-state index in [2.05, 4.69) is 24.1 Å². The molecular weight excluding hydrogens is 378 g/mol. The molecule has 5 rings (SSSR count). The summed E-state index contributed by atoms with van der Waals surface area (Å²) >= 11 is 1.86. The van der Waals surface area contributed by atoms with E-state index in [1.54, 1.807) is 0 Å². The number of carbonyl (C=O) groups excluding carboxylic acids is 1. The summed E-state index contributed by atoms with van der Waals surface area (Å²) < 4.78 is 0. The highest BCUT2D eigenvalue weighted by atomic mass is 32.1. The highest BCUT2D eigenvalue weighted by Crippen LogP contribution is 2.49. The number of aromatic nitrogens is 1. The number of nitrogens with one attached hydrogen (secondary N) is 1. The molecule has 4 nitrogen and oxygen atoms in total. The summed E-state index contributed by atoms with van der Waals surface area (Å²) in [4.78, 5) is 22.8. The van der Waals surface area contributed by atoms with Crippen molar-refractivity contribution in [1.82, 2.24) is 15.2 Å². The fourth-order valence-corrected chi connectivity index (χ4v) is 8.16. The van der Waals surface area contributed by atoms with Crippen LogP contribution < -0.4 is 5.32 Å². The first kappa shape index (κ1) is 20.0. The van der Waals surface area contributed by atoms with Gasteiger partial charge in [-0.2, -0.15) is 0 Å². The van der Waals surface area contributed by atoms with Crippen LogP contribution in [-0.4, -0.2) is 41.5 Å². The Kier molecular flexibility index (Phi) is 5.48. The number of hydrogen-bond acceptors (Lipinski definition) is 4. The Labute approximate surface area is 179 Å². The molecule has 1 spiro atoms. The summed E-state index contributed by atoms with van der Waals surface area (Å²) in [5, 5.41) is 4.81. The zero-order valence-electron chi connectivity index (χ0n) is 18.2. The minimum absolute atomic E-state index is 0.00320. The van der Waals surface area contributed by atoms with Crippen molar-refractivity contribution in [3.63, 3.8) is 0 Å². The molecule has 5 heteroatoms. The van der Waals surface area contributed by atoms with Crippen LogP contribution in [0.4, 0.5) is 0 Å². The summed E-state index contributed by atoms with van der Waals surface area (Å²) in [6.07, 6.45) is 12.5. The average molecular weight is 416 g/mol. The number of nitrogens with zero attached hydrogens (tertiary/aromatic N) is 2. The number of carbonyl (C=O) groups is 1. The van der Waals surface area contributed by atoms with Crippen LogP contribution in [0, 0.1) is 24.7 Å². The summed E-state index contributed by atoms with van der Waals surface area (Å²) in [6.45, 7) is 7.29. The molecule has 1 aromatic rings. The lowest BCUT2D eigenvalue weighted by Crippen LogP contribution is -2.55. The first-order valence-electron chi connectivity index (χ1n) is 12.1. The molecule has 2 aliphatic heterocycles. The number of rotatable bonds is 2. The predicted molar refractivity (Wildman–Crippen MR) is 118 cm³/mol. The number of piperidine rings is 1. The van der Waals surface area contributed by atoms with Gasteiger partial charge in [0, 0.05) is 36.0 Å². The van der Waals surface area contributed by atoms with E-state index in [-0.39, 0.29) is 11.3 Å². The maximum atomic E-state index is 14.1. The lowest BCUT2D eigenvalue weighted by molar-refractivity contribution is -0.143. The minimum atomic E-state index is -0.00320. The summed E-state index contributed by atoms with van der Waals surface area (Å²) in [6, 6.07) is 0.482. The Hall–Kier alpha value is -0.940. The number of aryl methyl sites for hydroxylation is 2. The largest absolute Gasteiger partial charge is 0.339 e. The van der Waals surface area contributed by atoms with Gasteiger partial charge >= 0.3 is 0 Å². The van der Waals surface area contributed by atoms with Gasteiger partial charge in [0.05, 0.1) is 16.6 Å². The number of hydrogen-bond donors (Lipinski definition) is 1. The molecule has 160 valence electrons. The van der Waals surface area contributed by atoms with Gasteiger partial charge < -0.3 is 10.2 Å². The van der Waals surface area contributed by atoms with Gasteiger partial charge in [0.1, 0.15) is 0 Å². The normalized spacial score (nSPS) is 35.8. The van der Waals surface area contributed by atoms with Gasteiger partial charge in [0.15, 0.2) is 0 Å². The van der Waals surface area contributed by atoms with E-state index in [4.69, 9.17) is 4.98 Å². The van der Waals surface area contributed by atoms with Crippen molar-refractivity contribution in [2.24, 2.45) is 17.8 Å². The van der Waals surface area contributed by atoms with E-state index in [1.165, 1.54) is 66.9 Å². The van der Waals surface area contributed by atoms with Crippen molar-refractivity contribution >= 4 is 17.2 Å². The van der Waals surface area contributed by atoms with Crippen molar-refractivity contribution in [1.29, 1.82) is 0 Å². The van der Waals surface area contributed by atoms with E-state index in [1.807, 2.05) is 11.3 Å². The monoisotopic (exact) mass is 415 g/mol. The lowest BCUT2D eigenvalue weighted by Gasteiger charge is -2.47. The zero-order chi connectivity index (χ0) is 20.0. The molecule has 2 aliphatic carbocycles. The Morgan fingerprint density at radius 3 is 2.86 bits per heavy atom. The maximum Gasteiger partial charge on any atom is 0.228 e. The maximum absolute atomic E-state index is 14.1. The number of thiazole rings is 1. The first-order chi connectivity index (χ1) is 14.1. The number of fused-ring (bicyclic) bond motifs is 2. The number of amides is 1. The predicted octanol–water partition coefficient (Wildman–Crippen LogP) is 4.45. The third-order valence-electron chi connectivity index (χ3n) is 8.43. The molecule has 0 aromatic carbocycles. The van der Waals surface area contributed by atoms with Crippen LogP contribution in [0.1, 0.15) is 80.3 Å². The molecule has 0 bridgehead atoms. The molecule has 4 aliphatic rings. The van der Waals surface area contributed by atoms with Crippen LogP contribution in [0.5, 0.6) is 0 Å². The van der Waals surface area contributed by atoms with Gasteiger partial charge in [-0.15, -0.1) is 11.3 Å². The van der Waals surface area contributed by atoms with Gasteiger partial charge in [-0.25, -0.2) is 4.98 Å². The highest BCUT2D eigenvalue weighted by molar-refractivity contribution is 7.11. The van der Waals surface area contributed by atoms with Gasteiger partial charge in [-0.1, -0.05) is 26.2 Å². The van der Waals surface area contributed by atoms with Crippen molar-refractivity contribution in [3.8, 4) is 0 Å². The molecule has 0 radical (unpaired) electrons. The molecule has 1 N–H and O–H groups in total. The Balaban J connectivity index is 1.44. The van der Waals surface area contributed by atoms with Gasteiger partial charge in [0.2, 0.25) is 5.91 Å². The van der Waals surface area contributed by atoms with Crippen LogP contribution in [0.15, 0.2) is 0 Å². The smallest absolute Gasteiger partial charge is 0.228 e. The fraction of sp³-hybridized carbons (Fsp3) is 0.833. The zero-order valence-corrected chi connectivity index (χ0v) is 19.0. The van der Waals surface area contributed by atoms with Crippen LogP contribution in [0.3, 0.4) is 0 Å². The summed E-state index contributed by atoms with van der Waals surface area (Å²) in [5.74, 6) is 2.04. The van der Waals surface area contributed by atoms with Crippen molar-refractivity contribution < 1.29 is 4.79 Å². The van der Waals surface area contributed by atoms with Crippen molar-refractivity contribution in [3.05, 3.63) is 15.6 Å². The Morgan fingerprint density at radius 1 is 1.21 bits per heavy atom. The summed E-state index contributed by atoms with van der Waals surface area (Å²) in [7, 11) is 0. The van der Waals surface area contributed by atoms with Crippen LogP contribution in [0.25, 0.3) is 0 Å².